The Hall–Kier alpha value is -3.37. The summed E-state index contributed by atoms with van der Waals surface area (Å²) >= 11 is 6.21. The molecule has 31 heavy (non-hydrogen) atoms. The molecular formula is C26H22ClNO3. The van der Waals surface area contributed by atoms with Gasteiger partial charge in [-0.25, -0.2) is 0 Å². The molecule has 0 aromatic heterocycles. The molecule has 0 radical (unpaired) electrons. The monoisotopic (exact) mass is 431 g/mol. The molecule has 156 valence electrons. The van der Waals surface area contributed by atoms with E-state index < -0.39 is 17.7 Å². The van der Waals surface area contributed by atoms with Gasteiger partial charge in [0, 0.05) is 17.1 Å². The summed E-state index contributed by atoms with van der Waals surface area (Å²) in [6.07, 6.45) is 0.593. The number of ketones is 1. The van der Waals surface area contributed by atoms with Gasteiger partial charge in [-0.1, -0.05) is 83.9 Å². The summed E-state index contributed by atoms with van der Waals surface area (Å²) in [7, 11) is 0. The van der Waals surface area contributed by atoms with Gasteiger partial charge in [0.15, 0.2) is 0 Å². The van der Waals surface area contributed by atoms with Crippen LogP contribution in [-0.4, -0.2) is 28.2 Å². The molecule has 4 nitrogen and oxygen atoms in total. The second-order valence-corrected chi connectivity index (χ2v) is 8.09. The van der Waals surface area contributed by atoms with E-state index in [2.05, 4.69) is 0 Å². The molecule has 1 N–H and O–H groups in total. The van der Waals surface area contributed by atoms with Crippen molar-refractivity contribution in [1.29, 1.82) is 0 Å². The molecule has 3 aromatic carbocycles. The Bertz CT molecular complexity index is 1150. The first kappa shape index (κ1) is 20.9. The van der Waals surface area contributed by atoms with Crippen molar-refractivity contribution in [3.63, 3.8) is 0 Å². The van der Waals surface area contributed by atoms with Crippen LogP contribution in [-0.2, 0) is 16.0 Å². The second-order valence-electron chi connectivity index (χ2n) is 7.65. The SMILES string of the molecule is Cc1ccc(/C(O)=C2\C(=O)C(=O)N(CCc3ccccc3)C2c2cccc(Cl)c2)cc1. The topological polar surface area (TPSA) is 57.6 Å². The number of carbonyl (C=O) groups is 2. The van der Waals surface area contributed by atoms with Crippen LogP contribution in [0.25, 0.3) is 5.76 Å². The molecule has 1 unspecified atom stereocenters. The maximum atomic E-state index is 13.0. The van der Waals surface area contributed by atoms with E-state index in [1.54, 1.807) is 30.3 Å². The van der Waals surface area contributed by atoms with Crippen molar-refractivity contribution in [3.05, 3.63) is 112 Å². The van der Waals surface area contributed by atoms with Crippen molar-refractivity contribution in [2.75, 3.05) is 6.54 Å². The second kappa shape index (κ2) is 8.78. The molecule has 1 saturated heterocycles. The third-order valence-corrected chi connectivity index (χ3v) is 5.75. The number of nitrogens with zero attached hydrogens (tertiary/aromatic N) is 1. The van der Waals surface area contributed by atoms with E-state index in [0.29, 0.717) is 29.1 Å². The van der Waals surface area contributed by atoms with Crippen molar-refractivity contribution < 1.29 is 14.7 Å². The Morgan fingerprint density at radius 2 is 1.68 bits per heavy atom. The Morgan fingerprint density at radius 1 is 0.968 bits per heavy atom. The lowest BCUT2D eigenvalue weighted by Gasteiger charge is -2.25. The summed E-state index contributed by atoms with van der Waals surface area (Å²) in [4.78, 5) is 27.6. The largest absolute Gasteiger partial charge is 0.507 e. The van der Waals surface area contributed by atoms with E-state index in [-0.39, 0.29) is 11.3 Å². The van der Waals surface area contributed by atoms with Gasteiger partial charge >= 0.3 is 0 Å². The van der Waals surface area contributed by atoms with E-state index in [9.17, 15) is 14.7 Å². The van der Waals surface area contributed by atoms with Gasteiger partial charge in [-0.3, -0.25) is 9.59 Å². The van der Waals surface area contributed by atoms with Crippen LogP contribution in [0.4, 0.5) is 0 Å². The normalized spacial score (nSPS) is 17.9. The Kier molecular flexibility index (Phi) is 5.92. The third-order valence-electron chi connectivity index (χ3n) is 5.51. The van der Waals surface area contributed by atoms with Crippen LogP contribution >= 0.6 is 11.6 Å². The molecule has 3 aromatic rings. The summed E-state index contributed by atoms with van der Waals surface area (Å²) < 4.78 is 0. The first-order valence-corrected chi connectivity index (χ1v) is 10.5. The van der Waals surface area contributed by atoms with Crippen molar-refractivity contribution in [2.24, 2.45) is 0 Å². The minimum Gasteiger partial charge on any atom is -0.507 e. The van der Waals surface area contributed by atoms with Crippen molar-refractivity contribution >= 4 is 29.1 Å². The lowest BCUT2D eigenvalue weighted by molar-refractivity contribution is -0.139. The predicted molar refractivity (Wildman–Crippen MR) is 122 cm³/mol. The molecule has 0 saturated carbocycles. The van der Waals surface area contributed by atoms with Crippen molar-refractivity contribution in [3.8, 4) is 0 Å². The summed E-state index contributed by atoms with van der Waals surface area (Å²) in [5.41, 5.74) is 3.37. The fourth-order valence-corrected chi connectivity index (χ4v) is 4.09. The smallest absolute Gasteiger partial charge is 0.295 e. The quantitative estimate of drug-likeness (QED) is 0.338. The van der Waals surface area contributed by atoms with Crippen LogP contribution in [0, 0.1) is 6.92 Å². The number of rotatable bonds is 5. The number of Topliss-reactive ketones (excluding diaryl/α,β-unsaturated/α-hetero) is 1. The van der Waals surface area contributed by atoms with E-state index >= 15 is 0 Å². The average Bonchev–Trinajstić information content (AvgIpc) is 3.03. The van der Waals surface area contributed by atoms with Crippen LogP contribution in [0.5, 0.6) is 0 Å². The van der Waals surface area contributed by atoms with E-state index in [0.717, 1.165) is 11.1 Å². The Labute approximate surface area is 186 Å². The number of likely N-dealkylation sites (tertiary alicyclic amines) is 1. The lowest BCUT2D eigenvalue weighted by atomic mass is 9.95. The zero-order valence-corrected chi connectivity index (χ0v) is 17.8. The molecule has 1 aliphatic rings. The van der Waals surface area contributed by atoms with Crippen LogP contribution in [0.1, 0.15) is 28.3 Å². The number of aliphatic hydroxyl groups excluding tert-OH is 1. The highest BCUT2D eigenvalue weighted by Crippen LogP contribution is 2.40. The number of carbonyl (C=O) groups excluding carboxylic acids is 2. The number of aryl methyl sites for hydroxylation is 1. The van der Waals surface area contributed by atoms with Crippen LogP contribution < -0.4 is 0 Å². The summed E-state index contributed by atoms with van der Waals surface area (Å²) in [6, 6.07) is 23.3. The van der Waals surface area contributed by atoms with Crippen LogP contribution in [0.2, 0.25) is 5.02 Å². The zero-order valence-electron chi connectivity index (χ0n) is 17.1. The minimum absolute atomic E-state index is 0.0872. The van der Waals surface area contributed by atoms with E-state index in [1.165, 1.54) is 4.90 Å². The standard InChI is InChI=1S/C26H22ClNO3/c1-17-10-12-19(13-11-17)24(29)22-23(20-8-5-9-21(27)16-20)28(26(31)25(22)30)15-14-18-6-3-2-4-7-18/h2-13,16,23,29H,14-15H2,1H3/b24-22+. The molecule has 1 aliphatic heterocycles. The summed E-state index contributed by atoms with van der Waals surface area (Å²) in [6.45, 7) is 2.29. The van der Waals surface area contributed by atoms with Gasteiger partial charge in [0.1, 0.15) is 5.76 Å². The van der Waals surface area contributed by atoms with Gasteiger partial charge in [-0.15, -0.1) is 0 Å². The number of benzene rings is 3. The fourth-order valence-electron chi connectivity index (χ4n) is 3.90. The van der Waals surface area contributed by atoms with Gasteiger partial charge in [-0.2, -0.15) is 0 Å². The van der Waals surface area contributed by atoms with Gasteiger partial charge in [0.25, 0.3) is 11.7 Å². The fraction of sp³-hybridized carbons (Fsp3) is 0.154. The average molecular weight is 432 g/mol. The molecule has 1 amide bonds. The lowest BCUT2D eigenvalue weighted by Crippen LogP contribution is -2.31. The number of hydrogen-bond acceptors (Lipinski definition) is 3. The molecule has 4 rings (SSSR count). The first-order chi connectivity index (χ1) is 15.0. The Balaban J connectivity index is 1.79. The van der Waals surface area contributed by atoms with Gasteiger partial charge in [0.2, 0.25) is 0 Å². The molecule has 5 heteroatoms. The van der Waals surface area contributed by atoms with Crippen molar-refractivity contribution in [2.45, 2.75) is 19.4 Å². The Morgan fingerprint density at radius 3 is 2.35 bits per heavy atom. The number of amides is 1. The highest BCUT2D eigenvalue weighted by atomic mass is 35.5. The van der Waals surface area contributed by atoms with E-state index in [1.807, 2.05) is 55.5 Å². The van der Waals surface area contributed by atoms with Crippen LogP contribution in [0.15, 0.2) is 84.4 Å². The van der Waals surface area contributed by atoms with Gasteiger partial charge < -0.3 is 10.0 Å². The van der Waals surface area contributed by atoms with Gasteiger partial charge in [0.05, 0.1) is 11.6 Å². The summed E-state index contributed by atoms with van der Waals surface area (Å²) in [5.74, 6) is -1.48. The molecule has 0 aliphatic carbocycles. The predicted octanol–water partition coefficient (Wildman–Crippen LogP) is 5.31. The molecule has 1 heterocycles. The molecule has 0 bridgehead atoms. The highest BCUT2D eigenvalue weighted by Gasteiger charge is 2.45. The number of halogens is 1. The maximum Gasteiger partial charge on any atom is 0.295 e. The zero-order chi connectivity index (χ0) is 22.0. The van der Waals surface area contributed by atoms with Crippen LogP contribution in [0.3, 0.4) is 0 Å². The number of aliphatic hydroxyl groups is 1. The first-order valence-electron chi connectivity index (χ1n) is 10.1. The highest BCUT2D eigenvalue weighted by molar-refractivity contribution is 6.46. The molecule has 1 atom stereocenters. The molecular weight excluding hydrogens is 410 g/mol. The minimum atomic E-state index is -0.705. The third kappa shape index (κ3) is 4.25. The molecule has 0 spiro atoms. The maximum absolute atomic E-state index is 13.0. The van der Waals surface area contributed by atoms with E-state index in [4.69, 9.17) is 11.6 Å². The van der Waals surface area contributed by atoms with Gasteiger partial charge in [-0.05, 0) is 36.6 Å². The number of hydrogen-bond donors (Lipinski definition) is 1. The summed E-state index contributed by atoms with van der Waals surface area (Å²) in [5, 5.41) is 11.6. The van der Waals surface area contributed by atoms with Crippen molar-refractivity contribution in [1.82, 2.24) is 4.90 Å². The molecule has 1 fully saturated rings.